The highest BCUT2D eigenvalue weighted by atomic mass is 19.4. The Labute approximate surface area is 153 Å². The fourth-order valence-corrected chi connectivity index (χ4v) is 2.70. The van der Waals surface area contributed by atoms with E-state index in [0.717, 1.165) is 7.11 Å². The van der Waals surface area contributed by atoms with Crippen LogP contribution in [0.5, 0.6) is 5.75 Å². The number of hydrogen-bond acceptors (Lipinski definition) is 5. The van der Waals surface area contributed by atoms with Gasteiger partial charge in [0, 0.05) is 0 Å². The number of ether oxygens (including phenoxy) is 4. The van der Waals surface area contributed by atoms with Crippen LogP contribution in [0, 0.1) is 0 Å². The Kier molecular flexibility index (Phi) is 5.67. The summed E-state index contributed by atoms with van der Waals surface area (Å²) in [7, 11) is 1.09. The number of halogens is 3. The van der Waals surface area contributed by atoms with Crippen molar-refractivity contribution >= 4 is 5.97 Å². The van der Waals surface area contributed by atoms with Gasteiger partial charge in [-0.1, -0.05) is 30.3 Å². The van der Waals surface area contributed by atoms with Gasteiger partial charge in [0.25, 0.3) is 0 Å². The molecule has 1 fully saturated rings. The van der Waals surface area contributed by atoms with Crippen LogP contribution in [0.15, 0.2) is 42.5 Å². The van der Waals surface area contributed by atoms with Gasteiger partial charge in [-0.25, -0.2) is 4.79 Å². The first-order valence-corrected chi connectivity index (χ1v) is 8.13. The topological polar surface area (TPSA) is 54.0 Å². The highest BCUT2D eigenvalue weighted by Crippen LogP contribution is 2.43. The molecule has 1 saturated heterocycles. The van der Waals surface area contributed by atoms with E-state index in [1.807, 2.05) is 0 Å². The van der Waals surface area contributed by atoms with Gasteiger partial charge in [0.1, 0.15) is 12.4 Å². The Hall–Kier alpha value is -2.58. The number of benzene rings is 2. The third-order valence-corrected chi connectivity index (χ3v) is 3.95. The smallest absolute Gasteiger partial charge is 0.420 e. The largest absolute Gasteiger partial charge is 0.488 e. The Morgan fingerprint density at radius 3 is 2.41 bits per heavy atom. The first-order valence-electron chi connectivity index (χ1n) is 8.13. The molecule has 0 bridgehead atoms. The minimum Gasteiger partial charge on any atom is -0.488 e. The fourth-order valence-electron chi connectivity index (χ4n) is 2.70. The molecule has 0 spiro atoms. The first kappa shape index (κ1) is 19.2. The molecule has 0 N–H and O–H groups in total. The minimum absolute atomic E-state index is 0.00124. The molecule has 0 saturated carbocycles. The van der Waals surface area contributed by atoms with Crippen LogP contribution in [0.25, 0.3) is 0 Å². The van der Waals surface area contributed by atoms with Crippen LogP contribution in [0.1, 0.15) is 33.3 Å². The average molecular weight is 382 g/mol. The van der Waals surface area contributed by atoms with Gasteiger partial charge in [-0.2, -0.15) is 13.2 Å². The van der Waals surface area contributed by atoms with Crippen LogP contribution in [0.4, 0.5) is 13.2 Å². The third-order valence-electron chi connectivity index (χ3n) is 3.95. The Morgan fingerprint density at radius 2 is 1.81 bits per heavy atom. The number of carbonyl (C=O) groups is 1. The fraction of sp³-hybridized carbons (Fsp3) is 0.316. The summed E-state index contributed by atoms with van der Waals surface area (Å²) in [6.45, 7) is 0.375. The SMILES string of the molecule is COC(=O)c1cc(C2OCCO2)c(OCc2ccccc2)c(C(F)(F)F)c1. The number of rotatable bonds is 5. The molecule has 0 aliphatic carbocycles. The van der Waals surface area contributed by atoms with Crippen molar-refractivity contribution in [3.63, 3.8) is 0 Å². The third kappa shape index (κ3) is 4.40. The van der Waals surface area contributed by atoms with Crippen LogP contribution in [0.3, 0.4) is 0 Å². The predicted molar refractivity (Wildman–Crippen MR) is 88.2 cm³/mol. The van der Waals surface area contributed by atoms with Crippen molar-refractivity contribution in [1.82, 2.24) is 0 Å². The molecular formula is C19H17F3O5. The zero-order valence-electron chi connectivity index (χ0n) is 14.4. The quantitative estimate of drug-likeness (QED) is 0.729. The molecule has 1 heterocycles. The Morgan fingerprint density at radius 1 is 1.15 bits per heavy atom. The number of methoxy groups -OCH3 is 1. The summed E-state index contributed by atoms with van der Waals surface area (Å²) in [4.78, 5) is 11.8. The van der Waals surface area contributed by atoms with E-state index in [9.17, 15) is 18.0 Å². The van der Waals surface area contributed by atoms with Crippen molar-refractivity contribution in [2.45, 2.75) is 19.1 Å². The van der Waals surface area contributed by atoms with Crippen molar-refractivity contribution in [3.05, 3.63) is 64.7 Å². The van der Waals surface area contributed by atoms with E-state index in [1.54, 1.807) is 30.3 Å². The molecule has 0 aromatic heterocycles. The molecule has 5 nitrogen and oxygen atoms in total. The molecule has 0 atom stereocenters. The van der Waals surface area contributed by atoms with E-state index in [0.29, 0.717) is 11.6 Å². The molecule has 0 radical (unpaired) electrons. The summed E-state index contributed by atoms with van der Waals surface area (Å²) in [5.74, 6) is -1.32. The lowest BCUT2D eigenvalue weighted by Gasteiger charge is -2.21. The summed E-state index contributed by atoms with van der Waals surface area (Å²) >= 11 is 0. The summed E-state index contributed by atoms with van der Waals surface area (Å²) in [6.07, 6.45) is -5.80. The van der Waals surface area contributed by atoms with E-state index in [4.69, 9.17) is 14.2 Å². The molecule has 8 heteroatoms. The lowest BCUT2D eigenvalue weighted by atomic mass is 10.0. The van der Waals surface area contributed by atoms with Gasteiger partial charge in [0.15, 0.2) is 6.29 Å². The summed E-state index contributed by atoms with van der Waals surface area (Å²) < 4.78 is 61.8. The van der Waals surface area contributed by atoms with E-state index >= 15 is 0 Å². The summed E-state index contributed by atoms with van der Waals surface area (Å²) in [6, 6.07) is 10.7. The molecule has 3 rings (SSSR count). The zero-order valence-corrected chi connectivity index (χ0v) is 14.4. The van der Waals surface area contributed by atoms with Gasteiger partial charge < -0.3 is 18.9 Å². The number of hydrogen-bond donors (Lipinski definition) is 0. The maximum Gasteiger partial charge on any atom is 0.420 e. The molecule has 0 amide bonds. The molecule has 144 valence electrons. The highest BCUT2D eigenvalue weighted by Gasteiger charge is 2.39. The van der Waals surface area contributed by atoms with Crippen LogP contribution >= 0.6 is 0 Å². The standard InChI is InChI=1S/C19H17F3O5/c1-24-17(23)13-9-14(18-25-7-8-26-18)16(15(10-13)19(20,21)22)27-11-12-5-3-2-4-6-12/h2-6,9-10,18H,7-8,11H2,1H3. The number of carbonyl (C=O) groups excluding carboxylic acids is 1. The van der Waals surface area contributed by atoms with E-state index in [2.05, 4.69) is 4.74 Å². The summed E-state index contributed by atoms with van der Waals surface area (Å²) in [5, 5.41) is 0. The van der Waals surface area contributed by atoms with Gasteiger partial charge in [0.2, 0.25) is 0 Å². The molecular weight excluding hydrogens is 365 g/mol. The van der Waals surface area contributed by atoms with Gasteiger partial charge >= 0.3 is 12.1 Å². The van der Waals surface area contributed by atoms with Crippen LogP contribution in [-0.2, 0) is 27.0 Å². The first-order chi connectivity index (χ1) is 12.9. The summed E-state index contributed by atoms with van der Waals surface area (Å²) in [5.41, 5.74) is -0.651. The Balaban J connectivity index is 2.07. The van der Waals surface area contributed by atoms with E-state index in [-0.39, 0.29) is 30.9 Å². The number of alkyl halides is 3. The van der Waals surface area contributed by atoms with Crippen LogP contribution in [-0.4, -0.2) is 26.3 Å². The maximum absolute atomic E-state index is 13.7. The number of esters is 1. The van der Waals surface area contributed by atoms with Gasteiger partial charge in [-0.3, -0.25) is 0 Å². The molecule has 0 unspecified atom stereocenters. The van der Waals surface area contributed by atoms with Crippen molar-refractivity contribution in [1.29, 1.82) is 0 Å². The van der Waals surface area contributed by atoms with Crippen molar-refractivity contribution in [2.24, 2.45) is 0 Å². The van der Waals surface area contributed by atoms with E-state index < -0.39 is 29.7 Å². The average Bonchev–Trinajstić information content (AvgIpc) is 3.19. The van der Waals surface area contributed by atoms with Crippen LogP contribution < -0.4 is 4.74 Å². The second-order valence-electron chi connectivity index (χ2n) is 5.78. The second-order valence-corrected chi connectivity index (χ2v) is 5.78. The lowest BCUT2D eigenvalue weighted by Crippen LogP contribution is -2.15. The van der Waals surface area contributed by atoms with Crippen molar-refractivity contribution in [2.75, 3.05) is 20.3 Å². The van der Waals surface area contributed by atoms with E-state index in [1.165, 1.54) is 6.07 Å². The van der Waals surface area contributed by atoms with Crippen LogP contribution in [0.2, 0.25) is 0 Å². The van der Waals surface area contributed by atoms with Gasteiger partial charge in [-0.05, 0) is 17.7 Å². The predicted octanol–water partition coefficient (Wildman–Crippen LogP) is 4.12. The normalized spacial score (nSPS) is 15.0. The Bertz CT molecular complexity index is 799. The molecule has 2 aromatic rings. The molecule has 1 aliphatic heterocycles. The van der Waals surface area contributed by atoms with Crippen molar-refractivity contribution < 1.29 is 36.9 Å². The van der Waals surface area contributed by atoms with Gasteiger partial charge in [-0.15, -0.1) is 0 Å². The lowest BCUT2D eigenvalue weighted by molar-refractivity contribution is -0.139. The highest BCUT2D eigenvalue weighted by molar-refractivity contribution is 5.90. The maximum atomic E-state index is 13.7. The molecule has 27 heavy (non-hydrogen) atoms. The molecule has 1 aliphatic rings. The van der Waals surface area contributed by atoms with Gasteiger partial charge in [0.05, 0.1) is 37.0 Å². The van der Waals surface area contributed by atoms with Crippen molar-refractivity contribution in [3.8, 4) is 5.75 Å². The monoisotopic (exact) mass is 382 g/mol. The molecule has 2 aromatic carbocycles. The minimum atomic E-state index is -4.75. The second kappa shape index (κ2) is 7.98. The zero-order chi connectivity index (χ0) is 19.4.